The normalized spacial score (nSPS) is 12.8. The Kier molecular flexibility index (Phi) is 5.22. The Morgan fingerprint density at radius 2 is 2.29 bits per heavy atom. The van der Waals surface area contributed by atoms with E-state index in [2.05, 4.69) is 41.9 Å². The van der Waals surface area contributed by atoms with Crippen molar-refractivity contribution in [3.63, 3.8) is 0 Å². The first-order valence-corrected chi connectivity index (χ1v) is 6.15. The molecule has 0 amide bonds. The quantitative estimate of drug-likeness (QED) is 0.735. The lowest BCUT2D eigenvalue weighted by Crippen LogP contribution is -2.32. The van der Waals surface area contributed by atoms with Gasteiger partial charge in [-0.1, -0.05) is 19.9 Å². The van der Waals surface area contributed by atoms with Crippen molar-refractivity contribution in [2.75, 3.05) is 18.5 Å². The molecule has 1 aromatic heterocycles. The van der Waals surface area contributed by atoms with E-state index < -0.39 is 0 Å². The van der Waals surface area contributed by atoms with E-state index >= 15 is 0 Å². The summed E-state index contributed by atoms with van der Waals surface area (Å²) < 4.78 is 2.08. The van der Waals surface area contributed by atoms with Gasteiger partial charge in [-0.2, -0.15) is 0 Å². The third-order valence-electron chi connectivity index (χ3n) is 3.01. The molecular weight excluding hydrogens is 212 g/mol. The molecule has 96 valence electrons. The second kappa shape index (κ2) is 6.45. The van der Waals surface area contributed by atoms with Crippen molar-refractivity contribution in [3.8, 4) is 0 Å². The van der Waals surface area contributed by atoms with Crippen LogP contribution in [0.4, 0.5) is 5.95 Å². The fraction of sp³-hybridized carbons (Fsp3) is 0.615. The lowest BCUT2D eigenvalue weighted by atomic mass is 10.0. The van der Waals surface area contributed by atoms with Gasteiger partial charge in [0.1, 0.15) is 0 Å². The van der Waals surface area contributed by atoms with Gasteiger partial charge in [0.25, 0.3) is 0 Å². The zero-order valence-electron chi connectivity index (χ0n) is 11.1. The lowest BCUT2D eigenvalue weighted by molar-refractivity contribution is 0.464. The molecule has 1 unspecified atom stereocenters. The van der Waals surface area contributed by atoms with Gasteiger partial charge < -0.3 is 15.2 Å². The number of nitrogens with two attached hydrogens (primary N) is 1. The molecule has 2 N–H and O–H groups in total. The minimum Gasteiger partial charge on any atom is -0.345 e. The molecule has 0 saturated carbocycles. The second-order valence-electron chi connectivity index (χ2n) is 4.79. The maximum atomic E-state index is 6.04. The Morgan fingerprint density at radius 3 is 2.88 bits per heavy atom. The van der Waals surface area contributed by atoms with Gasteiger partial charge in [0.2, 0.25) is 5.95 Å². The SMILES string of the molecule is C=CCn1ccnc1N(C)CCC(N)C(C)C. The number of aromatic nitrogens is 2. The summed E-state index contributed by atoms with van der Waals surface area (Å²) in [4.78, 5) is 6.50. The molecule has 0 aliphatic heterocycles. The maximum Gasteiger partial charge on any atom is 0.205 e. The predicted octanol–water partition coefficient (Wildman–Crippen LogP) is 1.88. The smallest absolute Gasteiger partial charge is 0.205 e. The van der Waals surface area contributed by atoms with Crippen molar-refractivity contribution in [2.24, 2.45) is 11.7 Å². The summed E-state index contributed by atoms with van der Waals surface area (Å²) in [6, 6.07) is 0.250. The molecule has 17 heavy (non-hydrogen) atoms. The zero-order valence-corrected chi connectivity index (χ0v) is 11.1. The van der Waals surface area contributed by atoms with Gasteiger partial charge >= 0.3 is 0 Å². The Labute approximate surface area is 104 Å². The fourth-order valence-corrected chi connectivity index (χ4v) is 1.70. The highest BCUT2D eigenvalue weighted by Crippen LogP contribution is 2.11. The number of anilines is 1. The van der Waals surface area contributed by atoms with Crippen LogP contribution in [0.1, 0.15) is 20.3 Å². The van der Waals surface area contributed by atoms with E-state index in [0.29, 0.717) is 5.92 Å². The van der Waals surface area contributed by atoms with Crippen molar-refractivity contribution in [1.29, 1.82) is 0 Å². The molecule has 0 aromatic carbocycles. The van der Waals surface area contributed by atoms with Crippen LogP contribution in [0.15, 0.2) is 25.0 Å². The summed E-state index contributed by atoms with van der Waals surface area (Å²) in [5.74, 6) is 1.50. The van der Waals surface area contributed by atoms with Crippen LogP contribution < -0.4 is 10.6 Å². The summed E-state index contributed by atoms with van der Waals surface area (Å²) in [6.45, 7) is 9.77. The number of hydrogen-bond acceptors (Lipinski definition) is 3. The summed E-state index contributed by atoms with van der Waals surface area (Å²) in [5.41, 5.74) is 6.04. The molecule has 4 heteroatoms. The minimum atomic E-state index is 0.250. The highest BCUT2D eigenvalue weighted by molar-refractivity contribution is 5.29. The highest BCUT2D eigenvalue weighted by atomic mass is 15.3. The third kappa shape index (κ3) is 3.89. The summed E-state index contributed by atoms with van der Waals surface area (Å²) in [5, 5.41) is 0. The van der Waals surface area contributed by atoms with Gasteiger partial charge in [0.15, 0.2) is 0 Å². The van der Waals surface area contributed by atoms with E-state index in [1.807, 2.05) is 18.5 Å². The van der Waals surface area contributed by atoms with E-state index in [0.717, 1.165) is 25.5 Å². The average molecular weight is 236 g/mol. The Morgan fingerprint density at radius 1 is 1.59 bits per heavy atom. The molecule has 1 rings (SSSR count). The molecule has 0 saturated heterocycles. The van der Waals surface area contributed by atoms with Crippen LogP contribution in [-0.4, -0.2) is 29.2 Å². The standard InChI is InChI=1S/C13H24N4/c1-5-8-17-10-7-15-13(17)16(4)9-6-12(14)11(2)3/h5,7,10-12H,1,6,8-9,14H2,2-4H3. The third-order valence-corrected chi connectivity index (χ3v) is 3.01. The van der Waals surface area contributed by atoms with Gasteiger partial charge in [-0.05, 0) is 12.3 Å². The Bertz CT molecular complexity index is 343. The molecule has 0 aliphatic carbocycles. The van der Waals surface area contributed by atoms with Crippen molar-refractivity contribution in [2.45, 2.75) is 32.9 Å². The van der Waals surface area contributed by atoms with Crippen molar-refractivity contribution in [3.05, 3.63) is 25.0 Å². The molecule has 4 nitrogen and oxygen atoms in total. The van der Waals surface area contributed by atoms with Crippen LogP contribution in [-0.2, 0) is 6.54 Å². The molecule has 0 radical (unpaired) electrons. The zero-order chi connectivity index (χ0) is 12.8. The summed E-state index contributed by atoms with van der Waals surface area (Å²) >= 11 is 0. The van der Waals surface area contributed by atoms with Crippen LogP contribution in [0, 0.1) is 5.92 Å². The second-order valence-corrected chi connectivity index (χ2v) is 4.79. The number of allylic oxidation sites excluding steroid dienone is 1. The minimum absolute atomic E-state index is 0.250. The average Bonchev–Trinajstić information content (AvgIpc) is 2.74. The number of imidazole rings is 1. The molecular formula is C13H24N4. The molecule has 0 spiro atoms. The van der Waals surface area contributed by atoms with Gasteiger partial charge in [-0.25, -0.2) is 4.98 Å². The molecule has 1 aromatic rings. The highest BCUT2D eigenvalue weighted by Gasteiger charge is 2.11. The first-order chi connectivity index (χ1) is 8.06. The topological polar surface area (TPSA) is 47.1 Å². The van der Waals surface area contributed by atoms with Crippen LogP contribution in [0.25, 0.3) is 0 Å². The van der Waals surface area contributed by atoms with E-state index in [9.17, 15) is 0 Å². The van der Waals surface area contributed by atoms with Crippen LogP contribution in [0.5, 0.6) is 0 Å². The van der Waals surface area contributed by atoms with E-state index in [1.165, 1.54) is 0 Å². The van der Waals surface area contributed by atoms with Crippen molar-refractivity contribution in [1.82, 2.24) is 9.55 Å². The van der Waals surface area contributed by atoms with Crippen LogP contribution in [0.3, 0.4) is 0 Å². The Balaban J connectivity index is 2.54. The van der Waals surface area contributed by atoms with Crippen LogP contribution in [0.2, 0.25) is 0 Å². The predicted molar refractivity (Wildman–Crippen MR) is 73.1 cm³/mol. The van der Waals surface area contributed by atoms with Crippen molar-refractivity contribution >= 4 is 5.95 Å². The van der Waals surface area contributed by atoms with Crippen LogP contribution >= 0.6 is 0 Å². The lowest BCUT2D eigenvalue weighted by Gasteiger charge is -2.22. The first-order valence-electron chi connectivity index (χ1n) is 6.15. The van der Waals surface area contributed by atoms with Gasteiger partial charge in [0, 0.05) is 38.6 Å². The molecule has 0 fully saturated rings. The van der Waals surface area contributed by atoms with Gasteiger partial charge in [0.05, 0.1) is 0 Å². The summed E-state index contributed by atoms with van der Waals surface area (Å²) in [7, 11) is 2.05. The molecule has 1 atom stereocenters. The largest absolute Gasteiger partial charge is 0.345 e. The summed E-state index contributed by atoms with van der Waals surface area (Å²) in [6.07, 6.45) is 6.64. The molecule has 1 heterocycles. The van der Waals surface area contributed by atoms with Gasteiger partial charge in [-0.3, -0.25) is 0 Å². The van der Waals surface area contributed by atoms with Gasteiger partial charge in [-0.15, -0.1) is 6.58 Å². The molecule has 0 bridgehead atoms. The van der Waals surface area contributed by atoms with Crippen molar-refractivity contribution < 1.29 is 0 Å². The number of nitrogens with zero attached hydrogens (tertiary/aromatic N) is 3. The first kappa shape index (κ1) is 13.8. The Hall–Kier alpha value is -1.29. The molecule has 0 aliphatic rings. The van der Waals surface area contributed by atoms with E-state index in [-0.39, 0.29) is 6.04 Å². The van der Waals surface area contributed by atoms with E-state index in [1.54, 1.807) is 0 Å². The van der Waals surface area contributed by atoms with E-state index in [4.69, 9.17) is 5.73 Å². The maximum absolute atomic E-state index is 6.04. The fourth-order valence-electron chi connectivity index (χ4n) is 1.70. The number of hydrogen-bond donors (Lipinski definition) is 1. The monoisotopic (exact) mass is 236 g/mol. The number of rotatable bonds is 7.